The number of aliphatic hydroxyl groups is 1. The Bertz CT molecular complexity index is 570. The molecule has 3 heteroatoms. The van der Waals surface area contributed by atoms with E-state index in [4.69, 9.17) is 0 Å². The first-order valence-corrected chi connectivity index (χ1v) is 9.88. The van der Waals surface area contributed by atoms with Gasteiger partial charge in [0.25, 0.3) is 0 Å². The summed E-state index contributed by atoms with van der Waals surface area (Å²) in [5.74, 6) is 2.58. The van der Waals surface area contributed by atoms with E-state index in [2.05, 4.69) is 56.8 Å². The van der Waals surface area contributed by atoms with E-state index in [-0.39, 0.29) is 11.5 Å². The number of aliphatic hydroxyl groups excluding tert-OH is 1. The predicted octanol–water partition coefficient (Wildman–Crippen LogP) is 3.08. The van der Waals surface area contributed by atoms with Gasteiger partial charge in [-0.05, 0) is 67.7 Å². The summed E-state index contributed by atoms with van der Waals surface area (Å²) in [5, 5.41) is 17.3. The van der Waals surface area contributed by atoms with Crippen LogP contribution in [0.1, 0.15) is 46.0 Å². The van der Waals surface area contributed by atoms with Crippen LogP contribution in [0.2, 0.25) is 0 Å². The lowest BCUT2D eigenvalue weighted by atomic mass is 9.47. The van der Waals surface area contributed by atoms with Crippen molar-refractivity contribution in [1.29, 1.82) is 0 Å². The zero-order chi connectivity index (χ0) is 17.1. The first-order chi connectivity index (χ1) is 11.4. The summed E-state index contributed by atoms with van der Waals surface area (Å²) in [6.45, 7) is 4.98. The summed E-state index contributed by atoms with van der Waals surface area (Å²) in [5.41, 5.74) is 2.09. The molecule has 0 aromatic rings. The van der Waals surface area contributed by atoms with Gasteiger partial charge in [-0.3, -0.25) is 0 Å². The molecule has 134 valence electrons. The summed E-state index contributed by atoms with van der Waals surface area (Å²) in [4.78, 5) is 0. The minimum atomic E-state index is -0.275. The minimum Gasteiger partial charge on any atom is -0.391 e. The van der Waals surface area contributed by atoms with Crippen molar-refractivity contribution in [1.82, 2.24) is 10.6 Å². The van der Waals surface area contributed by atoms with Crippen LogP contribution in [0, 0.1) is 34.5 Å². The Hall–Kier alpha value is -0.800. The Morgan fingerprint density at radius 3 is 2.62 bits per heavy atom. The van der Waals surface area contributed by atoms with Crippen LogP contribution in [0.15, 0.2) is 23.9 Å². The van der Waals surface area contributed by atoms with E-state index in [1.807, 2.05) is 0 Å². The maximum atomic E-state index is 10.1. The molecular formula is C21H34N2O. The van der Waals surface area contributed by atoms with Crippen LogP contribution in [0.3, 0.4) is 0 Å². The highest BCUT2D eigenvalue weighted by atomic mass is 16.3. The van der Waals surface area contributed by atoms with E-state index in [0.29, 0.717) is 29.2 Å². The lowest BCUT2D eigenvalue weighted by Crippen LogP contribution is -2.55. The molecule has 4 rings (SSSR count). The lowest BCUT2D eigenvalue weighted by Gasteiger charge is -2.58. The SMILES string of the molecule is CNC1=C[C@@H]2C[C@@H](O)C=C[C@]2(C)[C@H]2CC[C@]3(C)[C@@H](NC)CC[C@H]3[C@H]12. The van der Waals surface area contributed by atoms with Crippen LogP contribution in [0.4, 0.5) is 0 Å². The Morgan fingerprint density at radius 1 is 1.12 bits per heavy atom. The molecule has 0 aromatic heterocycles. The van der Waals surface area contributed by atoms with E-state index < -0.39 is 0 Å². The molecule has 0 spiro atoms. The van der Waals surface area contributed by atoms with Crippen molar-refractivity contribution < 1.29 is 5.11 Å². The van der Waals surface area contributed by atoms with E-state index in [0.717, 1.165) is 12.3 Å². The molecule has 0 unspecified atom stereocenters. The Labute approximate surface area is 147 Å². The van der Waals surface area contributed by atoms with Crippen molar-refractivity contribution in [2.24, 2.45) is 34.5 Å². The second kappa shape index (κ2) is 5.60. The number of rotatable bonds is 2. The molecule has 3 N–H and O–H groups in total. The van der Waals surface area contributed by atoms with Gasteiger partial charge >= 0.3 is 0 Å². The van der Waals surface area contributed by atoms with Crippen LogP contribution in [-0.4, -0.2) is 31.3 Å². The number of nitrogens with one attached hydrogen (secondary N) is 2. The van der Waals surface area contributed by atoms with Gasteiger partial charge in [0.15, 0.2) is 0 Å². The van der Waals surface area contributed by atoms with E-state index in [1.165, 1.54) is 31.4 Å². The third-order valence-electron chi connectivity index (χ3n) is 8.42. The average molecular weight is 331 g/mol. The fourth-order valence-electron chi connectivity index (χ4n) is 7.00. The van der Waals surface area contributed by atoms with Crippen molar-refractivity contribution in [3.05, 3.63) is 23.9 Å². The smallest absolute Gasteiger partial charge is 0.0727 e. The quantitative estimate of drug-likeness (QED) is 0.682. The molecule has 4 aliphatic carbocycles. The van der Waals surface area contributed by atoms with Crippen molar-refractivity contribution in [3.8, 4) is 0 Å². The molecule has 0 saturated heterocycles. The van der Waals surface area contributed by atoms with E-state index in [1.54, 1.807) is 0 Å². The highest BCUT2D eigenvalue weighted by molar-refractivity contribution is 5.28. The van der Waals surface area contributed by atoms with Crippen LogP contribution >= 0.6 is 0 Å². The Morgan fingerprint density at radius 2 is 1.92 bits per heavy atom. The molecule has 4 aliphatic rings. The predicted molar refractivity (Wildman–Crippen MR) is 98.4 cm³/mol. The zero-order valence-electron chi connectivity index (χ0n) is 15.7. The molecule has 0 bridgehead atoms. The number of hydrogen-bond acceptors (Lipinski definition) is 3. The third-order valence-corrected chi connectivity index (χ3v) is 8.42. The standard InChI is InChI=1S/C21H34N2O/c1-20-9-7-14(24)11-13(20)12-17(22-3)19-15-5-6-18(23-4)21(15,2)10-8-16(19)20/h7,9,12-16,18-19,22-24H,5-6,8,10-11H2,1-4H3/t13-,14-,15-,16-,18-,19-,20-,21-/m0/s1. The van der Waals surface area contributed by atoms with Crippen molar-refractivity contribution >= 4 is 0 Å². The first-order valence-electron chi connectivity index (χ1n) is 9.88. The van der Waals surface area contributed by atoms with Gasteiger partial charge in [0.1, 0.15) is 0 Å². The topological polar surface area (TPSA) is 44.3 Å². The molecule has 0 aromatic carbocycles. The second-order valence-corrected chi connectivity index (χ2v) is 9.21. The molecule has 0 aliphatic heterocycles. The highest BCUT2D eigenvalue weighted by Crippen LogP contribution is 2.64. The van der Waals surface area contributed by atoms with Gasteiger partial charge in [0.05, 0.1) is 6.10 Å². The van der Waals surface area contributed by atoms with Crippen molar-refractivity contribution in [2.75, 3.05) is 14.1 Å². The van der Waals surface area contributed by atoms with Gasteiger partial charge in [-0.15, -0.1) is 0 Å². The molecule has 2 fully saturated rings. The fraction of sp³-hybridized carbons (Fsp3) is 0.810. The van der Waals surface area contributed by atoms with Crippen LogP contribution < -0.4 is 10.6 Å². The molecule has 8 atom stereocenters. The normalized spacial score (nSPS) is 53.0. The molecule has 2 saturated carbocycles. The summed E-state index contributed by atoms with van der Waals surface area (Å²) >= 11 is 0. The second-order valence-electron chi connectivity index (χ2n) is 9.21. The van der Waals surface area contributed by atoms with Gasteiger partial charge in [0.2, 0.25) is 0 Å². The zero-order valence-corrected chi connectivity index (χ0v) is 15.7. The molecule has 0 radical (unpaired) electrons. The van der Waals surface area contributed by atoms with Gasteiger partial charge in [-0.25, -0.2) is 0 Å². The summed E-state index contributed by atoms with van der Waals surface area (Å²) in [6, 6.07) is 0.663. The van der Waals surface area contributed by atoms with Gasteiger partial charge < -0.3 is 15.7 Å². The van der Waals surface area contributed by atoms with E-state index >= 15 is 0 Å². The van der Waals surface area contributed by atoms with Gasteiger partial charge in [-0.2, -0.15) is 0 Å². The molecular weight excluding hydrogens is 296 g/mol. The molecule has 3 nitrogen and oxygen atoms in total. The van der Waals surface area contributed by atoms with Crippen LogP contribution in [-0.2, 0) is 0 Å². The van der Waals surface area contributed by atoms with Crippen LogP contribution in [0.5, 0.6) is 0 Å². The monoisotopic (exact) mass is 330 g/mol. The van der Waals surface area contributed by atoms with Crippen molar-refractivity contribution in [2.45, 2.75) is 58.1 Å². The average Bonchev–Trinajstić information content (AvgIpc) is 2.91. The van der Waals surface area contributed by atoms with Crippen molar-refractivity contribution in [3.63, 3.8) is 0 Å². The Balaban J connectivity index is 1.76. The van der Waals surface area contributed by atoms with Gasteiger partial charge in [-0.1, -0.05) is 32.1 Å². The minimum absolute atomic E-state index is 0.212. The third kappa shape index (κ3) is 2.10. The van der Waals surface area contributed by atoms with Crippen LogP contribution in [0.25, 0.3) is 0 Å². The maximum absolute atomic E-state index is 10.1. The first kappa shape index (κ1) is 16.7. The number of allylic oxidation sites excluding steroid dienone is 3. The summed E-state index contributed by atoms with van der Waals surface area (Å²) in [7, 11) is 4.24. The Kier molecular flexibility index (Phi) is 3.89. The fourth-order valence-corrected chi connectivity index (χ4v) is 7.00. The molecule has 0 amide bonds. The summed E-state index contributed by atoms with van der Waals surface area (Å²) in [6.07, 6.45) is 12.8. The number of hydrogen-bond donors (Lipinski definition) is 3. The maximum Gasteiger partial charge on any atom is 0.0727 e. The molecule has 24 heavy (non-hydrogen) atoms. The molecule has 0 heterocycles. The lowest BCUT2D eigenvalue weighted by molar-refractivity contribution is -0.0342. The highest BCUT2D eigenvalue weighted by Gasteiger charge is 2.59. The largest absolute Gasteiger partial charge is 0.391 e. The number of fused-ring (bicyclic) bond motifs is 5. The van der Waals surface area contributed by atoms with Gasteiger partial charge in [0, 0.05) is 24.7 Å². The van der Waals surface area contributed by atoms with E-state index in [9.17, 15) is 5.11 Å². The summed E-state index contributed by atoms with van der Waals surface area (Å²) < 4.78 is 0.